The summed E-state index contributed by atoms with van der Waals surface area (Å²) in [7, 11) is 2.10. The van der Waals surface area contributed by atoms with Crippen molar-refractivity contribution in [3.05, 3.63) is 38.7 Å². The Balaban J connectivity index is 1.56. The van der Waals surface area contributed by atoms with Crippen molar-refractivity contribution < 1.29 is 18.7 Å². The van der Waals surface area contributed by atoms with Crippen molar-refractivity contribution >= 4 is 34.6 Å². The zero-order valence-corrected chi connectivity index (χ0v) is 18.7. The molecule has 0 amide bonds. The van der Waals surface area contributed by atoms with Gasteiger partial charge in [0, 0.05) is 32.6 Å². The van der Waals surface area contributed by atoms with Crippen LogP contribution >= 0.6 is 11.6 Å². The van der Waals surface area contributed by atoms with Gasteiger partial charge in [-0.3, -0.25) is 4.79 Å². The smallest absolute Gasteiger partial charge is 0.434 e. The SMILES string of the molecule is CCOC(=O)Oc1cn([C@@H]2C[C@@H]2F)c2nc(N3CC4=C(CN(C)CC4)C3)c(Cl)cc2c1=O. The van der Waals surface area contributed by atoms with Crippen LogP contribution in [0.2, 0.25) is 5.02 Å². The number of nitrogens with zero attached hydrogens (tertiary/aromatic N) is 4. The molecule has 0 N–H and O–H groups in total. The zero-order chi connectivity index (χ0) is 22.6. The van der Waals surface area contributed by atoms with Crippen molar-refractivity contribution in [2.45, 2.75) is 32.0 Å². The fraction of sp³-hybridized carbons (Fsp3) is 0.500. The number of aromatic nitrogens is 2. The molecule has 170 valence electrons. The van der Waals surface area contributed by atoms with Gasteiger partial charge in [-0.05, 0) is 37.6 Å². The van der Waals surface area contributed by atoms with Gasteiger partial charge in [0.2, 0.25) is 5.43 Å². The molecular weight excluding hydrogens is 439 g/mol. The summed E-state index contributed by atoms with van der Waals surface area (Å²) >= 11 is 6.58. The van der Waals surface area contributed by atoms with Crippen molar-refractivity contribution in [3.8, 4) is 5.75 Å². The van der Waals surface area contributed by atoms with Gasteiger partial charge in [-0.15, -0.1) is 0 Å². The normalized spacial score (nSPS) is 22.9. The zero-order valence-electron chi connectivity index (χ0n) is 17.9. The van der Waals surface area contributed by atoms with E-state index in [4.69, 9.17) is 26.1 Å². The highest BCUT2D eigenvalue weighted by Gasteiger charge is 2.40. The number of likely N-dealkylation sites (N-methyl/N-ethyl adjacent to an activating group) is 1. The van der Waals surface area contributed by atoms with E-state index in [1.165, 1.54) is 23.4 Å². The lowest BCUT2D eigenvalue weighted by molar-refractivity contribution is 0.103. The summed E-state index contributed by atoms with van der Waals surface area (Å²) in [6.07, 6.45) is 0.630. The average Bonchev–Trinajstić information content (AvgIpc) is 3.32. The second-order valence-corrected chi connectivity index (χ2v) is 8.96. The molecule has 10 heteroatoms. The van der Waals surface area contributed by atoms with Gasteiger partial charge < -0.3 is 23.8 Å². The van der Waals surface area contributed by atoms with Gasteiger partial charge in [-0.25, -0.2) is 14.2 Å². The lowest BCUT2D eigenvalue weighted by Crippen LogP contribution is -2.28. The van der Waals surface area contributed by atoms with Gasteiger partial charge in [0.1, 0.15) is 17.6 Å². The van der Waals surface area contributed by atoms with E-state index in [2.05, 4.69) is 16.8 Å². The number of fused-ring (bicyclic) bond motifs is 1. The van der Waals surface area contributed by atoms with E-state index < -0.39 is 23.8 Å². The Bertz CT molecular complexity index is 1200. The second kappa shape index (κ2) is 8.04. The summed E-state index contributed by atoms with van der Waals surface area (Å²) < 4.78 is 25.4. The van der Waals surface area contributed by atoms with Crippen molar-refractivity contribution in [1.82, 2.24) is 14.5 Å². The van der Waals surface area contributed by atoms with Crippen LogP contribution in [0.1, 0.15) is 25.8 Å². The molecule has 0 aromatic carbocycles. The highest BCUT2D eigenvalue weighted by Crippen LogP contribution is 2.42. The highest BCUT2D eigenvalue weighted by atomic mass is 35.5. The molecule has 4 heterocycles. The van der Waals surface area contributed by atoms with Crippen LogP contribution in [0.15, 0.2) is 28.2 Å². The number of hydrogen-bond donors (Lipinski definition) is 0. The van der Waals surface area contributed by atoms with Crippen molar-refractivity contribution in [2.75, 3.05) is 44.7 Å². The maximum absolute atomic E-state index is 14.0. The first-order valence-corrected chi connectivity index (χ1v) is 11.1. The molecule has 8 nitrogen and oxygen atoms in total. The Kier molecular flexibility index (Phi) is 5.33. The molecule has 2 aliphatic heterocycles. The Morgan fingerprint density at radius 1 is 1.31 bits per heavy atom. The third-order valence-corrected chi connectivity index (χ3v) is 6.50. The fourth-order valence-corrected chi connectivity index (χ4v) is 4.75. The molecule has 0 spiro atoms. The summed E-state index contributed by atoms with van der Waals surface area (Å²) in [5.74, 6) is 0.335. The highest BCUT2D eigenvalue weighted by molar-refractivity contribution is 6.33. The van der Waals surface area contributed by atoms with E-state index in [0.717, 1.165) is 32.6 Å². The van der Waals surface area contributed by atoms with E-state index in [0.29, 0.717) is 22.9 Å². The molecule has 0 saturated heterocycles. The van der Waals surface area contributed by atoms with Gasteiger partial charge in [0.15, 0.2) is 5.75 Å². The average molecular weight is 463 g/mol. The van der Waals surface area contributed by atoms with Crippen LogP contribution in [0, 0.1) is 0 Å². The first-order valence-electron chi connectivity index (χ1n) is 10.7. The lowest BCUT2D eigenvalue weighted by Gasteiger charge is -2.23. The fourth-order valence-electron chi connectivity index (χ4n) is 4.48. The molecule has 1 saturated carbocycles. The topological polar surface area (TPSA) is 76.9 Å². The number of halogens is 2. The van der Waals surface area contributed by atoms with Crippen molar-refractivity contribution in [1.29, 1.82) is 0 Å². The number of anilines is 1. The van der Waals surface area contributed by atoms with Gasteiger partial charge in [-0.1, -0.05) is 11.6 Å². The van der Waals surface area contributed by atoms with Crippen LogP contribution in [0.25, 0.3) is 11.0 Å². The van der Waals surface area contributed by atoms with Crippen LogP contribution < -0.4 is 15.1 Å². The summed E-state index contributed by atoms with van der Waals surface area (Å²) in [6.45, 7) is 5.14. The number of pyridine rings is 2. The lowest BCUT2D eigenvalue weighted by atomic mass is 10.0. The van der Waals surface area contributed by atoms with Crippen LogP contribution in [-0.4, -0.2) is 66.6 Å². The molecule has 1 aliphatic carbocycles. The number of hydrogen-bond acceptors (Lipinski definition) is 7. The predicted molar refractivity (Wildman–Crippen MR) is 119 cm³/mol. The van der Waals surface area contributed by atoms with Gasteiger partial charge in [0.05, 0.1) is 29.3 Å². The van der Waals surface area contributed by atoms with E-state index in [1.54, 1.807) is 11.5 Å². The Hall–Kier alpha value is -2.65. The summed E-state index contributed by atoms with van der Waals surface area (Å²) in [5.41, 5.74) is 2.57. The summed E-state index contributed by atoms with van der Waals surface area (Å²) in [4.78, 5) is 33.9. The number of rotatable bonds is 4. The summed E-state index contributed by atoms with van der Waals surface area (Å²) in [5, 5.41) is 0.506. The molecular formula is C22H24ClFN4O4. The van der Waals surface area contributed by atoms with E-state index in [9.17, 15) is 14.0 Å². The molecule has 0 unspecified atom stereocenters. The Labute approximate surface area is 189 Å². The molecule has 1 fully saturated rings. The minimum absolute atomic E-state index is 0.107. The molecule has 0 bridgehead atoms. The van der Waals surface area contributed by atoms with Crippen LogP contribution in [0.3, 0.4) is 0 Å². The second-order valence-electron chi connectivity index (χ2n) is 8.55. The Morgan fingerprint density at radius 3 is 2.78 bits per heavy atom. The van der Waals surface area contributed by atoms with Crippen LogP contribution in [0.5, 0.6) is 5.75 Å². The van der Waals surface area contributed by atoms with Crippen molar-refractivity contribution in [2.24, 2.45) is 0 Å². The van der Waals surface area contributed by atoms with E-state index in [-0.39, 0.29) is 17.7 Å². The number of carbonyl (C=O) groups is 1. The molecule has 0 radical (unpaired) electrons. The quantitative estimate of drug-likeness (QED) is 0.509. The number of ether oxygens (including phenoxy) is 2. The maximum atomic E-state index is 14.0. The Morgan fingerprint density at radius 2 is 2.06 bits per heavy atom. The van der Waals surface area contributed by atoms with Gasteiger partial charge >= 0.3 is 6.16 Å². The third-order valence-electron chi connectivity index (χ3n) is 6.22. The molecule has 5 rings (SSSR count). The standard InChI is InChI=1S/C22H24ClFN4O4/c1-3-31-22(30)32-18-11-28(17-7-16(17)24)20-14(19(18)29)6-15(23)21(25-20)27-9-12-4-5-26(2)8-13(12)10-27/h6,11,16-17H,3-5,7-10H2,1-2H3/t16-,17+/m0/s1. The van der Waals surface area contributed by atoms with Gasteiger partial charge in [0.25, 0.3) is 0 Å². The monoisotopic (exact) mass is 462 g/mol. The minimum Gasteiger partial charge on any atom is -0.434 e. The largest absolute Gasteiger partial charge is 0.514 e. The number of carbonyl (C=O) groups excluding carboxylic acids is 1. The predicted octanol–water partition coefficient (Wildman–Crippen LogP) is 3.32. The van der Waals surface area contributed by atoms with E-state index in [1.807, 2.05) is 0 Å². The van der Waals surface area contributed by atoms with Gasteiger partial charge in [-0.2, -0.15) is 0 Å². The molecule has 2 atom stereocenters. The molecule has 3 aliphatic rings. The molecule has 32 heavy (non-hydrogen) atoms. The summed E-state index contributed by atoms with van der Waals surface area (Å²) in [6, 6.07) is 1.07. The first kappa shape index (κ1) is 21.2. The van der Waals surface area contributed by atoms with E-state index >= 15 is 0 Å². The van der Waals surface area contributed by atoms with Crippen LogP contribution in [0.4, 0.5) is 15.0 Å². The first-order chi connectivity index (χ1) is 15.4. The van der Waals surface area contributed by atoms with Crippen LogP contribution in [-0.2, 0) is 4.74 Å². The van der Waals surface area contributed by atoms with Crippen molar-refractivity contribution in [3.63, 3.8) is 0 Å². The molecule has 2 aromatic heterocycles. The minimum atomic E-state index is -1.05. The molecule has 2 aromatic rings. The third kappa shape index (κ3) is 3.73. The number of alkyl halides is 1. The maximum Gasteiger partial charge on any atom is 0.514 e.